The normalized spacial score (nSPS) is 16.3. The van der Waals surface area contributed by atoms with Crippen LogP contribution in [-0.2, 0) is 0 Å². The van der Waals surface area contributed by atoms with Gasteiger partial charge in [-0.05, 0) is 41.7 Å². The molecule has 1 aromatic heterocycles. The molecule has 0 aliphatic heterocycles. The summed E-state index contributed by atoms with van der Waals surface area (Å²) < 4.78 is 0. The molecule has 2 atom stereocenters. The van der Waals surface area contributed by atoms with Gasteiger partial charge in [-0.2, -0.15) is 11.3 Å². The topological polar surface area (TPSA) is 0 Å². The zero-order chi connectivity index (χ0) is 8.27. The SMILES string of the molecule is CC(Cl)CC(C)c1ccsc1. The van der Waals surface area contributed by atoms with Gasteiger partial charge in [0.05, 0.1) is 0 Å². The van der Waals surface area contributed by atoms with Crippen molar-refractivity contribution in [3.63, 3.8) is 0 Å². The van der Waals surface area contributed by atoms with Gasteiger partial charge in [0.15, 0.2) is 0 Å². The van der Waals surface area contributed by atoms with Crippen LogP contribution in [0.3, 0.4) is 0 Å². The number of thiophene rings is 1. The number of halogens is 1. The Bertz CT molecular complexity index is 191. The van der Waals surface area contributed by atoms with Crippen molar-refractivity contribution in [3.05, 3.63) is 22.4 Å². The zero-order valence-electron chi connectivity index (χ0n) is 6.88. The smallest absolute Gasteiger partial charge is 0.0313 e. The molecule has 0 amide bonds. The molecule has 1 rings (SSSR count). The number of hydrogen-bond acceptors (Lipinski definition) is 1. The minimum absolute atomic E-state index is 0.282. The lowest BCUT2D eigenvalue weighted by atomic mass is 10.00. The average Bonchev–Trinajstić information content (AvgIpc) is 2.35. The van der Waals surface area contributed by atoms with Crippen molar-refractivity contribution in [3.8, 4) is 0 Å². The lowest BCUT2D eigenvalue weighted by Gasteiger charge is -2.10. The van der Waals surface area contributed by atoms with Gasteiger partial charge in [0.2, 0.25) is 0 Å². The second-order valence-electron chi connectivity index (χ2n) is 2.97. The first-order valence-electron chi connectivity index (χ1n) is 3.86. The molecule has 0 nitrogen and oxygen atoms in total. The van der Waals surface area contributed by atoms with Crippen molar-refractivity contribution >= 4 is 22.9 Å². The molecule has 0 bridgehead atoms. The molecule has 2 heteroatoms. The minimum Gasteiger partial charge on any atom is -0.152 e. The molecule has 11 heavy (non-hydrogen) atoms. The maximum atomic E-state index is 5.89. The van der Waals surface area contributed by atoms with Gasteiger partial charge in [-0.3, -0.25) is 0 Å². The Kier molecular flexibility index (Phi) is 3.41. The minimum atomic E-state index is 0.282. The fourth-order valence-electron chi connectivity index (χ4n) is 1.18. The summed E-state index contributed by atoms with van der Waals surface area (Å²) in [6.07, 6.45) is 1.07. The highest BCUT2D eigenvalue weighted by Crippen LogP contribution is 2.24. The molecule has 0 aliphatic rings. The van der Waals surface area contributed by atoms with E-state index in [2.05, 4.69) is 23.8 Å². The summed E-state index contributed by atoms with van der Waals surface area (Å²) in [5, 5.41) is 4.60. The number of alkyl halides is 1. The molecular formula is C9H13ClS. The first-order chi connectivity index (χ1) is 5.20. The monoisotopic (exact) mass is 188 g/mol. The van der Waals surface area contributed by atoms with Crippen LogP contribution in [0.4, 0.5) is 0 Å². The van der Waals surface area contributed by atoms with E-state index >= 15 is 0 Å². The van der Waals surface area contributed by atoms with Crippen LogP contribution >= 0.6 is 22.9 Å². The van der Waals surface area contributed by atoms with Crippen LogP contribution in [0.15, 0.2) is 16.8 Å². The van der Waals surface area contributed by atoms with Crippen molar-refractivity contribution in [1.29, 1.82) is 0 Å². The zero-order valence-corrected chi connectivity index (χ0v) is 8.45. The highest BCUT2D eigenvalue weighted by atomic mass is 35.5. The fourth-order valence-corrected chi connectivity index (χ4v) is 2.23. The first kappa shape index (κ1) is 9.08. The third kappa shape index (κ3) is 2.84. The van der Waals surface area contributed by atoms with Crippen molar-refractivity contribution in [2.45, 2.75) is 31.6 Å². The maximum absolute atomic E-state index is 5.89. The predicted octanol–water partition coefficient (Wildman–Crippen LogP) is 3.87. The lowest BCUT2D eigenvalue weighted by Crippen LogP contribution is -1.99. The Morgan fingerprint density at radius 2 is 2.27 bits per heavy atom. The molecule has 0 radical (unpaired) electrons. The highest BCUT2D eigenvalue weighted by Gasteiger charge is 2.08. The second-order valence-corrected chi connectivity index (χ2v) is 4.50. The summed E-state index contributed by atoms with van der Waals surface area (Å²) >= 11 is 7.64. The van der Waals surface area contributed by atoms with Gasteiger partial charge >= 0.3 is 0 Å². The number of hydrogen-bond donors (Lipinski definition) is 0. The second kappa shape index (κ2) is 4.13. The van der Waals surface area contributed by atoms with E-state index in [0.29, 0.717) is 5.92 Å². The molecule has 0 saturated heterocycles. The molecule has 0 fully saturated rings. The molecular weight excluding hydrogens is 176 g/mol. The third-order valence-corrected chi connectivity index (χ3v) is 2.67. The Morgan fingerprint density at radius 3 is 2.73 bits per heavy atom. The summed E-state index contributed by atoms with van der Waals surface area (Å²) in [5.41, 5.74) is 1.42. The Hall–Kier alpha value is -0.0100. The van der Waals surface area contributed by atoms with Gasteiger partial charge in [-0.1, -0.05) is 6.92 Å². The van der Waals surface area contributed by atoms with E-state index in [-0.39, 0.29) is 5.38 Å². The molecule has 62 valence electrons. The first-order valence-corrected chi connectivity index (χ1v) is 5.24. The summed E-state index contributed by atoms with van der Waals surface area (Å²) in [4.78, 5) is 0. The van der Waals surface area contributed by atoms with Crippen LogP contribution in [0, 0.1) is 0 Å². The molecule has 0 spiro atoms. The van der Waals surface area contributed by atoms with Crippen molar-refractivity contribution in [1.82, 2.24) is 0 Å². The summed E-state index contributed by atoms with van der Waals surface area (Å²) in [7, 11) is 0. The van der Waals surface area contributed by atoms with Crippen LogP contribution in [0.1, 0.15) is 31.7 Å². The summed E-state index contributed by atoms with van der Waals surface area (Å²) in [5.74, 6) is 0.605. The van der Waals surface area contributed by atoms with E-state index in [9.17, 15) is 0 Å². The molecule has 2 unspecified atom stereocenters. The summed E-state index contributed by atoms with van der Waals surface area (Å²) in [6.45, 7) is 4.27. The molecule has 0 saturated carbocycles. The van der Waals surface area contributed by atoms with Crippen LogP contribution in [0.2, 0.25) is 0 Å². The van der Waals surface area contributed by atoms with Crippen LogP contribution in [0.25, 0.3) is 0 Å². The van der Waals surface area contributed by atoms with Crippen molar-refractivity contribution in [2.24, 2.45) is 0 Å². The highest BCUT2D eigenvalue weighted by molar-refractivity contribution is 7.07. The Labute approximate surface area is 77.2 Å². The van der Waals surface area contributed by atoms with Gasteiger partial charge < -0.3 is 0 Å². The van der Waals surface area contributed by atoms with Gasteiger partial charge in [-0.25, -0.2) is 0 Å². The van der Waals surface area contributed by atoms with Crippen LogP contribution in [-0.4, -0.2) is 5.38 Å². The third-order valence-electron chi connectivity index (χ3n) is 1.79. The molecule has 1 heterocycles. The molecule has 0 N–H and O–H groups in total. The molecule has 0 aromatic carbocycles. The average molecular weight is 189 g/mol. The number of rotatable bonds is 3. The van der Waals surface area contributed by atoms with E-state index in [0.717, 1.165) is 6.42 Å². The van der Waals surface area contributed by atoms with Crippen molar-refractivity contribution < 1.29 is 0 Å². The van der Waals surface area contributed by atoms with Crippen molar-refractivity contribution in [2.75, 3.05) is 0 Å². The quantitative estimate of drug-likeness (QED) is 0.632. The van der Waals surface area contributed by atoms with E-state index < -0.39 is 0 Å². The van der Waals surface area contributed by atoms with E-state index in [1.54, 1.807) is 11.3 Å². The largest absolute Gasteiger partial charge is 0.152 e. The van der Waals surface area contributed by atoms with Gasteiger partial charge in [-0.15, -0.1) is 11.6 Å². The van der Waals surface area contributed by atoms with Crippen LogP contribution in [0.5, 0.6) is 0 Å². The van der Waals surface area contributed by atoms with Gasteiger partial charge in [0.25, 0.3) is 0 Å². The predicted molar refractivity (Wildman–Crippen MR) is 52.7 cm³/mol. The van der Waals surface area contributed by atoms with E-state index in [1.807, 2.05) is 6.92 Å². The lowest BCUT2D eigenvalue weighted by molar-refractivity contribution is 0.673. The van der Waals surface area contributed by atoms with E-state index in [1.165, 1.54) is 5.56 Å². The molecule has 0 aliphatic carbocycles. The summed E-state index contributed by atoms with van der Waals surface area (Å²) in [6, 6.07) is 2.18. The fraction of sp³-hybridized carbons (Fsp3) is 0.556. The van der Waals surface area contributed by atoms with Crippen LogP contribution < -0.4 is 0 Å². The Balaban J connectivity index is 2.49. The Morgan fingerprint density at radius 1 is 1.55 bits per heavy atom. The van der Waals surface area contributed by atoms with Gasteiger partial charge in [0, 0.05) is 5.38 Å². The maximum Gasteiger partial charge on any atom is 0.0313 e. The molecule has 1 aromatic rings. The standard InChI is InChI=1S/C9H13ClS/c1-7(5-8(2)10)9-3-4-11-6-9/h3-4,6-8H,5H2,1-2H3. The van der Waals surface area contributed by atoms with Gasteiger partial charge in [0.1, 0.15) is 0 Å². The van der Waals surface area contributed by atoms with E-state index in [4.69, 9.17) is 11.6 Å².